The zero-order valence-corrected chi connectivity index (χ0v) is 13.3. The highest BCUT2D eigenvalue weighted by Gasteiger charge is 2.18. The number of nitrogens with zero attached hydrogens (tertiary/aromatic N) is 2. The van der Waals surface area contributed by atoms with E-state index in [-0.39, 0.29) is 24.0 Å². The zero-order chi connectivity index (χ0) is 16.0. The second kappa shape index (κ2) is 7.51. The molecule has 0 spiro atoms. The van der Waals surface area contributed by atoms with Crippen LogP contribution in [0.4, 0.5) is 0 Å². The van der Waals surface area contributed by atoms with Gasteiger partial charge in [0.15, 0.2) is 15.7 Å². The van der Waals surface area contributed by atoms with Gasteiger partial charge in [0.2, 0.25) is 5.89 Å². The molecule has 2 rings (SSSR count). The van der Waals surface area contributed by atoms with Crippen LogP contribution in [0.3, 0.4) is 0 Å². The summed E-state index contributed by atoms with van der Waals surface area (Å²) in [4.78, 5) is 4.11. The van der Waals surface area contributed by atoms with Gasteiger partial charge in [-0.1, -0.05) is 42.8 Å². The number of aliphatic hydroxyl groups excluding tert-OH is 1. The van der Waals surface area contributed by atoms with Crippen LogP contribution in [0.2, 0.25) is 0 Å². The van der Waals surface area contributed by atoms with E-state index in [2.05, 4.69) is 17.1 Å². The summed E-state index contributed by atoms with van der Waals surface area (Å²) >= 11 is 0. The molecule has 0 amide bonds. The lowest BCUT2D eigenvalue weighted by Crippen LogP contribution is -2.08. The predicted molar refractivity (Wildman–Crippen MR) is 81.6 cm³/mol. The third-order valence-electron chi connectivity index (χ3n) is 3.20. The fourth-order valence-electron chi connectivity index (χ4n) is 2.02. The van der Waals surface area contributed by atoms with Crippen molar-refractivity contribution in [2.45, 2.75) is 44.3 Å². The van der Waals surface area contributed by atoms with E-state index in [4.69, 9.17) is 9.63 Å². The van der Waals surface area contributed by atoms with Crippen molar-refractivity contribution in [3.8, 4) is 0 Å². The lowest BCUT2D eigenvalue weighted by molar-refractivity contribution is 0.282. The number of sulfone groups is 1. The van der Waals surface area contributed by atoms with Crippen LogP contribution in [0.25, 0.3) is 0 Å². The van der Waals surface area contributed by atoms with Crippen molar-refractivity contribution in [2.75, 3.05) is 0 Å². The van der Waals surface area contributed by atoms with Gasteiger partial charge in [-0.15, -0.1) is 0 Å². The summed E-state index contributed by atoms with van der Waals surface area (Å²) in [7, 11) is -3.37. The lowest BCUT2D eigenvalue weighted by Gasteiger charge is -2.03. The van der Waals surface area contributed by atoms with Gasteiger partial charge in [0.1, 0.15) is 5.75 Å². The van der Waals surface area contributed by atoms with Crippen LogP contribution >= 0.6 is 0 Å². The molecular weight excluding hydrogens is 304 g/mol. The van der Waals surface area contributed by atoms with Crippen molar-refractivity contribution in [3.05, 3.63) is 47.1 Å². The fraction of sp³-hybridized carbons (Fsp3) is 0.467. The van der Waals surface area contributed by atoms with Gasteiger partial charge >= 0.3 is 0 Å². The lowest BCUT2D eigenvalue weighted by atomic mass is 10.2. The van der Waals surface area contributed by atoms with Gasteiger partial charge in [0.25, 0.3) is 0 Å². The largest absolute Gasteiger partial charge is 0.392 e. The first-order chi connectivity index (χ1) is 10.5. The zero-order valence-electron chi connectivity index (χ0n) is 12.5. The Morgan fingerprint density at radius 2 is 1.82 bits per heavy atom. The molecule has 0 saturated heterocycles. The Kier molecular flexibility index (Phi) is 5.68. The summed E-state index contributed by atoms with van der Waals surface area (Å²) in [6, 6.07) is 6.81. The maximum absolute atomic E-state index is 12.2. The van der Waals surface area contributed by atoms with Gasteiger partial charge < -0.3 is 9.63 Å². The summed E-state index contributed by atoms with van der Waals surface area (Å²) in [5.74, 6) is 0.344. The van der Waals surface area contributed by atoms with Crippen LogP contribution in [-0.4, -0.2) is 23.7 Å². The predicted octanol–water partition coefficient (Wildman–Crippen LogP) is 2.02. The summed E-state index contributed by atoms with van der Waals surface area (Å²) in [6.07, 6.45) is 2.66. The highest BCUT2D eigenvalue weighted by Crippen LogP contribution is 2.13. The van der Waals surface area contributed by atoms with Crippen molar-refractivity contribution in [1.82, 2.24) is 10.1 Å². The number of aliphatic hydroxyl groups is 1. The molecule has 0 radical (unpaired) electrons. The third-order valence-corrected chi connectivity index (χ3v) is 4.66. The van der Waals surface area contributed by atoms with Crippen LogP contribution < -0.4 is 0 Å². The summed E-state index contributed by atoms with van der Waals surface area (Å²) < 4.78 is 29.3. The van der Waals surface area contributed by atoms with Gasteiger partial charge in [0, 0.05) is 6.42 Å². The number of rotatable bonds is 8. The maximum Gasteiger partial charge on any atom is 0.241 e. The normalized spacial score (nSPS) is 11.7. The highest BCUT2D eigenvalue weighted by molar-refractivity contribution is 7.89. The summed E-state index contributed by atoms with van der Waals surface area (Å²) in [6.45, 7) is 2.00. The first-order valence-electron chi connectivity index (χ1n) is 7.23. The molecule has 1 heterocycles. The number of hydrogen-bond donors (Lipinski definition) is 1. The van der Waals surface area contributed by atoms with E-state index in [1.54, 1.807) is 24.3 Å². The monoisotopic (exact) mass is 324 g/mol. The standard InChI is InChI=1S/C15H20N2O4S/c1-2-3-4-14-16-15(21-17-14)11-22(19,20)10-13-7-5-12(9-18)6-8-13/h5-8,18H,2-4,9-11H2,1H3. The molecular formula is C15H20N2O4S. The topological polar surface area (TPSA) is 93.3 Å². The summed E-state index contributed by atoms with van der Waals surface area (Å²) in [5, 5.41) is 12.8. The first-order valence-corrected chi connectivity index (χ1v) is 9.05. The number of unbranched alkanes of at least 4 members (excludes halogenated alkanes) is 1. The van der Waals surface area contributed by atoms with Crippen molar-refractivity contribution in [3.63, 3.8) is 0 Å². The van der Waals surface area contributed by atoms with Crippen molar-refractivity contribution >= 4 is 9.84 Å². The van der Waals surface area contributed by atoms with Gasteiger partial charge in [-0.3, -0.25) is 0 Å². The first kappa shape index (κ1) is 16.6. The summed E-state index contributed by atoms with van der Waals surface area (Å²) in [5.41, 5.74) is 1.42. The van der Waals surface area contributed by atoms with Gasteiger partial charge in [-0.2, -0.15) is 4.98 Å². The Bertz CT molecular complexity index is 693. The molecule has 0 aliphatic rings. The average molecular weight is 324 g/mol. The molecule has 22 heavy (non-hydrogen) atoms. The van der Waals surface area contributed by atoms with Crippen molar-refractivity contribution < 1.29 is 18.0 Å². The van der Waals surface area contributed by atoms with E-state index < -0.39 is 9.84 Å². The molecule has 1 aromatic carbocycles. The Balaban J connectivity index is 1.99. The second-order valence-corrected chi connectivity index (χ2v) is 7.28. The number of aromatic nitrogens is 2. The van der Waals surface area contributed by atoms with Crippen LogP contribution in [0.15, 0.2) is 28.8 Å². The molecule has 0 aliphatic carbocycles. The second-order valence-electron chi connectivity index (χ2n) is 5.21. The number of benzene rings is 1. The Labute approximate surface area is 130 Å². The van der Waals surface area contributed by atoms with Gasteiger partial charge in [-0.05, 0) is 17.5 Å². The fourth-order valence-corrected chi connectivity index (χ4v) is 3.32. The van der Waals surface area contributed by atoms with E-state index in [9.17, 15) is 8.42 Å². The minimum Gasteiger partial charge on any atom is -0.392 e. The quantitative estimate of drug-likeness (QED) is 0.798. The SMILES string of the molecule is CCCCc1noc(CS(=O)(=O)Cc2ccc(CO)cc2)n1. The highest BCUT2D eigenvalue weighted by atomic mass is 32.2. The van der Waals surface area contributed by atoms with Crippen LogP contribution in [0.5, 0.6) is 0 Å². The molecule has 120 valence electrons. The van der Waals surface area contributed by atoms with E-state index in [0.717, 1.165) is 18.4 Å². The van der Waals surface area contributed by atoms with Crippen LogP contribution in [-0.2, 0) is 34.4 Å². The molecule has 2 aromatic rings. The van der Waals surface area contributed by atoms with Crippen LogP contribution in [0.1, 0.15) is 42.6 Å². The van der Waals surface area contributed by atoms with E-state index in [0.29, 0.717) is 17.8 Å². The molecule has 7 heteroatoms. The molecule has 0 saturated carbocycles. The average Bonchev–Trinajstić information content (AvgIpc) is 2.92. The molecule has 0 bridgehead atoms. The molecule has 0 unspecified atom stereocenters. The molecule has 0 atom stereocenters. The molecule has 0 fully saturated rings. The van der Waals surface area contributed by atoms with E-state index in [1.165, 1.54) is 0 Å². The molecule has 1 N–H and O–H groups in total. The Hall–Kier alpha value is -1.73. The Morgan fingerprint density at radius 1 is 1.14 bits per heavy atom. The number of aryl methyl sites for hydroxylation is 1. The van der Waals surface area contributed by atoms with E-state index in [1.807, 2.05) is 0 Å². The number of hydrogen-bond acceptors (Lipinski definition) is 6. The minimum absolute atomic E-state index is 0.0600. The molecule has 6 nitrogen and oxygen atoms in total. The van der Waals surface area contributed by atoms with Crippen LogP contribution in [0, 0.1) is 0 Å². The van der Waals surface area contributed by atoms with E-state index >= 15 is 0 Å². The smallest absolute Gasteiger partial charge is 0.241 e. The van der Waals surface area contributed by atoms with Crippen molar-refractivity contribution in [1.29, 1.82) is 0 Å². The molecule has 1 aromatic heterocycles. The Morgan fingerprint density at radius 3 is 2.45 bits per heavy atom. The van der Waals surface area contributed by atoms with Gasteiger partial charge in [0.05, 0.1) is 12.4 Å². The van der Waals surface area contributed by atoms with Gasteiger partial charge in [-0.25, -0.2) is 8.42 Å². The van der Waals surface area contributed by atoms with Crippen molar-refractivity contribution in [2.24, 2.45) is 0 Å². The third kappa shape index (κ3) is 4.92. The maximum atomic E-state index is 12.2. The minimum atomic E-state index is -3.37. The molecule has 0 aliphatic heterocycles.